The van der Waals surface area contributed by atoms with Gasteiger partial charge in [0.1, 0.15) is 6.54 Å². The van der Waals surface area contributed by atoms with Crippen molar-refractivity contribution in [3.05, 3.63) is 24.5 Å². The van der Waals surface area contributed by atoms with Gasteiger partial charge in [-0.1, -0.05) is 0 Å². The van der Waals surface area contributed by atoms with Gasteiger partial charge in [0.2, 0.25) is 5.91 Å². The van der Waals surface area contributed by atoms with Crippen LogP contribution in [0.4, 0.5) is 0 Å². The first-order chi connectivity index (χ1) is 9.90. The fourth-order valence-electron chi connectivity index (χ4n) is 1.77. The number of carbonyl (C=O) groups excluding carboxylic acids is 1. The lowest BCUT2D eigenvalue weighted by atomic mass is 10.1. The molecule has 0 aliphatic heterocycles. The number of aromatic nitrogens is 1. The van der Waals surface area contributed by atoms with Gasteiger partial charge in [-0.3, -0.25) is 4.79 Å². The van der Waals surface area contributed by atoms with Crippen LogP contribution in [0.3, 0.4) is 0 Å². The van der Waals surface area contributed by atoms with Gasteiger partial charge in [0.05, 0.1) is 0 Å². The van der Waals surface area contributed by atoms with E-state index >= 15 is 0 Å². The molecule has 1 aromatic heterocycles. The van der Waals surface area contributed by atoms with Crippen LogP contribution in [-0.2, 0) is 11.3 Å². The van der Waals surface area contributed by atoms with Gasteiger partial charge in [-0.25, -0.2) is 4.99 Å². The molecule has 0 saturated heterocycles. The summed E-state index contributed by atoms with van der Waals surface area (Å²) >= 11 is 0. The number of rotatable bonds is 6. The van der Waals surface area contributed by atoms with Crippen LogP contribution in [0.5, 0.6) is 0 Å². The first kappa shape index (κ1) is 17.1. The summed E-state index contributed by atoms with van der Waals surface area (Å²) in [6, 6.07) is 3.99. The van der Waals surface area contributed by atoms with Gasteiger partial charge < -0.3 is 20.5 Å². The van der Waals surface area contributed by atoms with Gasteiger partial charge in [-0.15, -0.1) is 0 Å². The zero-order valence-corrected chi connectivity index (χ0v) is 13.4. The number of nitrogens with zero attached hydrogens (tertiary/aromatic N) is 2. The molecule has 21 heavy (non-hydrogen) atoms. The minimum absolute atomic E-state index is 0.0786. The van der Waals surface area contributed by atoms with Gasteiger partial charge >= 0.3 is 0 Å². The molecular formula is C15H27N5O. The van der Waals surface area contributed by atoms with Gasteiger partial charge in [-0.05, 0) is 39.8 Å². The number of hydrogen-bond acceptors (Lipinski definition) is 2. The second kappa shape index (κ2) is 8.34. The quantitative estimate of drug-likeness (QED) is 0.540. The molecule has 0 aliphatic rings. The highest BCUT2D eigenvalue weighted by molar-refractivity contribution is 5.85. The molecular weight excluding hydrogens is 266 g/mol. The van der Waals surface area contributed by atoms with E-state index in [1.165, 1.54) is 0 Å². The van der Waals surface area contributed by atoms with Crippen molar-refractivity contribution in [1.29, 1.82) is 0 Å². The van der Waals surface area contributed by atoms with Crippen LogP contribution in [0.2, 0.25) is 0 Å². The maximum atomic E-state index is 11.8. The second-order valence-electron chi connectivity index (χ2n) is 5.84. The normalized spacial score (nSPS) is 12.1. The van der Waals surface area contributed by atoms with E-state index in [4.69, 9.17) is 0 Å². The Labute approximate surface area is 127 Å². The number of amides is 1. The molecule has 0 unspecified atom stereocenters. The zero-order chi connectivity index (χ0) is 15.7. The van der Waals surface area contributed by atoms with Crippen LogP contribution in [0, 0.1) is 0 Å². The lowest BCUT2D eigenvalue weighted by molar-refractivity contribution is -0.121. The van der Waals surface area contributed by atoms with Crippen molar-refractivity contribution in [2.75, 3.05) is 19.6 Å². The fraction of sp³-hybridized carbons (Fsp3) is 0.600. The van der Waals surface area contributed by atoms with Crippen molar-refractivity contribution < 1.29 is 4.79 Å². The largest absolute Gasteiger partial charge is 0.357 e. The molecule has 0 aliphatic carbocycles. The smallest absolute Gasteiger partial charge is 0.242 e. The Balaban J connectivity index is 2.40. The van der Waals surface area contributed by atoms with E-state index in [2.05, 4.69) is 25.5 Å². The summed E-state index contributed by atoms with van der Waals surface area (Å²) in [7, 11) is 0. The lowest BCUT2D eigenvalue weighted by Gasteiger charge is -2.20. The first-order valence-corrected chi connectivity index (χ1v) is 7.34. The first-order valence-electron chi connectivity index (χ1n) is 7.34. The highest BCUT2D eigenvalue weighted by Crippen LogP contribution is 1.97. The van der Waals surface area contributed by atoms with Gasteiger partial charge in [-0.2, -0.15) is 0 Å². The van der Waals surface area contributed by atoms with Crippen LogP contribution in [0.1, 0.15) is 27.7 Å². The third-order valence-corrected chi connectivity index (χ3v) is 2.57. The standard InChI is InChI=1S/C15H27N5O/c1-5-16-14(17-8-11-20-9-6-7-10-20)18-12-13(21)19-15(2,3)4/h6-7,9-10H,5,8,11-12H2,1-4H3,(H,19,21)(H2,16,17,18). The molecule has 0 radical (unpaired) electrons. The van der Waals surface area contributed by atoms with E-state index in [1.54, 1.807) is 0 Å². The maximum Gasteiger partial charge on any atom is 0.242 e. The average molecular weight is 293 g/mol. The minimum Gasteiger partial charge on any atom is -0.357 e. The lowest BCUT2D eigenvalue weighted by Crippen LogP contribution is -2.43. The fourth-order valence-corrected chi connectivity index (χ4v) is 1.77. The third-order valence-electron chi connectivity index (χ3n) is 2.57. The van der Waals surface area contributed by atoms with Crippen LogP contribution >= 0.6 is 0 Å². The van der Waals surface area contributed by atoms with E-state index in [0.717, 1.165) is 19.6 Å². The summed E-state index contributed by atoms with van der Waals surface area (Å²) in [5, 5.41) is 9.24. The van der Waals surface area contributed by atoms with Crippen LogP contribution in [0.25, 0.3) is 0 Å². The molecule has 6 nitrogen and oxygen atoms in total. The van der Waals surface area contributed by atoms with Crippen molar-refractivity contribution in [2.45, 2.75) is 39.8 Å². The molecule has 1 rings (SSSR count). The monoisotopic (exact) mass is 293 g/mol. The van der Waals surface area contributed by atoms with Gasteiger partial charge in [0.15, 0.2) is 5.96 Å². The Morgan fingerprint density at radius 2 is 1.86 bits per heavy atom. The number of aliphatic imine (C=N–C) groups is 1. The molecule has 1 aromatic rings. The predicted octanol–water partition coefficient (Wildman–Crippen LogP) is 0.958. The van der Waals surface area contributed by atoms with E-state index < -0.39 is 0 Å². The summed E-state index contributed by atoms with van der Waals surface area (Å²) in [6.45, 7) is 10.3. The van der Waals surface area contributed by atoms with Crippen LogP contribution < -0.4 is 16.0 Å². The number of carbonyl (C=O) groups is 1. The molecule has 1 amide bonds. The summed E-state index contributed by atoms with van der Waals surface area (Å²) in [5.41, 5.74) is -0.229. The highest BCUT2D eigenvalue weighted by Gasteiger charge is 2.13. The molecule has 0 aromatic carbocycles. The van der Waals surface area contributed by atoms with Crippen molar-refractivity contribution >= 4 is 11.9 Å². The van der Waals surface area contributed by atoms with Crippen LogP contribution in [0.15, 0.2) is 29.5 Å². The summed E-state index contributed by atoms with van der Waals surface area (Å²) in [5.74, 6) is 0.582. The van der Waals surface area contributed by atoms with E-state index in [9.17, 15) is 4.79 Å². The van der Waals surface area contributed by atoms with Crippen molar-refractivity contribution in [3.63, 3.8) is 0 Å². The average Bonchev–Trinajstić information content (AvgIpc) is 2.87. The van der Waals surface area contributed by atoms with E-state index in [-0.39, 0.29) is 18.0 Å². The Bertz CT molecular complexity index is 445. The maximum absolute atomic E-state index is 11.8. The van der Waals surface area contributed by atoms with Crippen molar-refractivity contribution in [2.24, 2.45) is 4.99 Å². The third kappa shape index (κ3) is 8.02. The predicted molar refractivity (Wildman–Crippen MR) is 86.3 cm³/mol. The molecule has 0 saturated carbocycles. The molecule has 118 valence electrons. The Kier molecular flexibility index (Phi) is 6.78. The molecule has 0 atom stereocenters. The SMILES string of the molecule is CCNC(=NCC(=O)NC(C)(C)C)NCCn1cccc1. The van der Waals surface area contributed by atoms with Crippen molar-refractivity contribution in [3.8, 4) is 0 Å². The van der Waals surface area contributed by atoms with E-state index in [1.807, 2.05) is 52.2 Å². The Hall–Kier alpha value is -1.98. The number of hydrogen-bond donors (Lipinski definition) is 3. The highest BCUT2D eigenvalue weighted by atomic mass is 16.2. The van der Waals surface area contributed by atoms with Crippen molar-refractivity contribution in [1.82, 2.24) is 20.5 Å². The topological polar surface area (TPSA) is 70.4 Å². The minimum atomic E-state index is -0.229. The summed E-state index contributed by atoms with van der Waals surface area (Å²) in [6.07, 6.45) is 4.03. The Morgan fingerprint density at radius 1 is 1.19 bits per heavy atom. The van der Waals surface area contributed by atoms with Gasteiger partial charge in [0, 0.05) is 37.6 Å². The zero-order valence-electron chi connectivity index (χ0n) is 13.4. The molecule has 0 spiro atoms. The number of nitrogens with one attached hydrogen (secondary N) is 3. The molecule has 1 heterocycles. The molecule has 0 bridgehead atoms. The number of guanidine groups is 1. The molecule has 6 heteroatoms. The molecule has 3 N–H and O–H groups in total. The molecule has 0 fully saturated rings. The van der Waals surface area contributed by atoms with Gasteiger partial charge in [0.25, 0.3) is 0 Å². The summed E-state index contributed by atoms with van der Waals surface area (Å²) in [4.78, 5) is 16.0. The van der Waals surface area contributed by atoms with Crippen LogP contribution in [-0.4, -0.2) is 41.6 Å². The Morgan fingerprint density at radius 3 is 2.43 bits per heavy atom. The summed E-state index contributed by atoms with van der Waals surface area (Å²) < 4.78 is 2.09. The van der Waals surface area contributed by atoms with E-state index in [0.29, 0.717) is 5.96 Å². The second-order valence-corrected chi connectivity index (χ2v) is 5.84.